The van der Waals surface area contributed by atoms with Gasteiger partial charge >= 0.3 is 6.09 Å². The summed E-state index contributed by atoms with van der Waals surface area (Å²) in [6.45, 7) is 6.16. The summed E-state index contributed by atoms with van der Waals surface area (Å²) in [6.07, 6.45) is -1.15. The minimum Gasteiger partial charge on any atom is -0.465 e. The molecule has 0 bridgehead atoms. The lowest BCUT2D eigenvalue weighted by Gasteiger charge is -2.47. The number of rotatable bonds is 0. The Morgan fingerprint density at radius 2 is 2.00 bits per heavy atom. The van der Waals surface area contributed by atoms with Gasteiger partial charge in [0.2, 0.25) is 0 Å². The Labute approximate surface area is 89.9 Å². The summed E-state index contributed by atoms with van der Waals surface area (Å²) in [6, 6.07) is -0.839. The van der Waals surface area contributed by atoms with E-state index in [0.717, 1.165) is 0 Å². The van der Waals surface area contributed by atoms with Crippen molar-refractivity contribution in [1.29, 1.82) is 0 Å². The largest absolute Gasteiger partial charge is 0.465 e. The fourth-order valence-corrected chi connectivity index (χ4v) is 2.28. The molecular weight excluding hydrogens is 196 g/mol. The van der Waals surface area contributed by atoms with Crippen molar-refractivity contribution in [3.63, 3.8) is 0 Å². The quantitative estimate of drug-likeness (QED) is 0.549. The number of hydrogen-bond donors (Lipinski definition) is 3. The minimum absolute atomic E-state index is 0.265. The molecule has 0 spiro atoms. The van der Waals surface area contributed by atoms with E-state index in [0.29, 0.717) is 13.0 Å². The van der Waals surface area contributed by atoms with Crippen LogP contribution < -0.4 is 5.73 Å². The Morgan fingerprint density at radius 3 is 2.40 bits per heavy atom. The van der Waals surface area contributed by atoms with E-state index in [1.165, 1.54) is 4.90 Å². The summed E-state index contributed by atoms with van der Waals surface area (Å²) < 4.78 is 0. The maximum absolute atomic E-state index is 11.1. The Kier molecular flexibility index (Phi) is 3.25. The normalized spacial score (nSPS) is 32.9. The molecule has 3 unspecified atom stereocenters. The summed E-state index contributed by atoms with van der Waals surface area (Å²) in [4.78, 5) is 12.4. The van der Waals surface area contributed by atoms with Crippen molar-refractivity contribution < 1.29 is 15.0 Å². The van der Waals surface area contributed by atoms with Crippen molar-refractivity contribution in [1.82, 2.24) is 4.90 Å². The van der Waals surface area contributed by atoms with Crippen LogP contribution in [0.3, 0.4) is 0 Å². The lowest BCUT2D eigenvalue weighted by Crippen LogP contribution is -2.64. The van der Waals surface area contributed by atoms with Gasteiger partial charge in [0.25, 0.3) is 0 Å². The number of nitrogens with two attached hydrogens (primary N) is 1. The Hall–Kier alpha value is -0.810. The second kappa shape index (κ2) is 3.98. The average molecular weight is 216 g/mol. The topological polar surface area (TPSA) is 86.8 Å². The third kappa shape index (κ3) is 2.41. The SMILES string of the molecule is CC(C)(C)C1C(N)C(O)CCN1C(=O)O. The molecule has 1 rings (SSSR count). The number of nitrogens with zero attached hydrogens (tertiary/aromatic N) is 1. The zero-order chi connectivity index (χ0) is 11.8. The molecule has 1 aliphatic heterocycles. The molecule has 5 nitrogen and oxygen atoms in total. The monoisotopic (exact) mass is 216 g/mol. The van der Waals surface area contributed by atoms with Crippen molar-refractivity contribution in [2.45, 2.75) is 45.4 Å². The van der Waals surface area contributed by atoms with Crippen LogP contribution in [0.5, 0.6) is 0 Å². The minimum atomic E-state index is -0.961. The standard InChI is InChI=1S/C10H20N2O3/c1-10(2,3)8-7(11)6(13)4-5-12(8)9(14)15/h6-8,13H,4-5,11H2,1-3H3,(H,14,15). The summed E-state index contributed by atoms with van der Waals surface area (Å²) in [5.74, 6) is 0. The maximum atomic E-state index is 11.1. The first-order chi connectivity index (χ1) is 6.75. The van der Waals surface area contributed by atoms with E-state index in [4.69, 9.17) is 10.8 Å². The zero-order valence-corrected chi connectivity index (χ0v) is 9.47. The number of likely N-dealkylation sites (tertiary alicyclic amines) is 1. The first-order valence-electron chi connectivity index (χ1n) is 5.18. The van der Waals surface area contributed by atoms with Crippen LogP contribution >= 0.6 is 0 Å². The van der Waals surface area contributed by atoms with E-state index in [1.54, 1.807) is 0 Å². The van der Waals surface area contributed by atoms with Crippen LogP contribution in [0, 0.1) is 5.41 Å². The van der Waals surface area contributed by atoms with Crippen molar-refractivity contribution in [2.24, 2.45) is 11.1 Å². The first-order valence-corrected chi connectivity index (χ1v) is 5.18. The van der Waals surface area contributed by atoms with E-state index < -0.39 is 18.2 Å². The van der Waals surface area contributed by atoms with Crippen molar-refractivity contribution in [3.05, 3.63) is 0 Å². The van der Waals surface area contributed by atoms with Crippen molar-refractivity contribution in [3.8, 4) is 0 Å². The molecule has 4 N–H and O–H groups in total. The molecule has 3 atom stereocenters. The number of amides is 1. The smallest absolute Gasteiger partial charge is 0.407 e. The molecule has 1 amide bonds. The molecule has 15 heavy (non-hydrogen) atoms. The van der Waals surface area contributed by atoms with Crippen LogP contribution in [0.4, 0.5) is 4.79 Å². The summed E-state index contributed by atoms with van der Waals surface area (Å²) in [5, 5.41) is 18.7. The molecule has 1 saturated heterocycles. The molecule has 1 heterocycles. The van der Waals surface area contributed by atoms with Crippen molar-refractivity contribution in [2.75, 3.05) is 6.54 Å². The number of carbonyl (C=O) groups is 1. The van der Waals surface area contributed by atoms with Gasteiger partial charge in [-0.2, -0.15) is 0 Å². The second-order valence-corrected chi connectivity index (χ2v) is 5.22. The predicted octanol–water partition coefficient (Wildman–Crippen LogP) is 0.473. The number of aliphatic hydroxyl groups excluding tert-OH is 1. The predicted molar refractivity (Wildman–Crippen MR) is 56.6 cm³/mol. The third-order valence-corrected chi connectivity index (χ3v) is 2.94. The van der Waals surface area contributed by atoms with Crippen LogP contribution in [0.15, 0.2) is 0 Å². The average Bonchev–Trinajstić information content (AvgIpc) is 2.06. The summed E-state index contributed by atoms with van der Waals surface area (Å²) >= 11 is 0. The van der Waals surface area contributed by atoms with Crippen LogP contribution in [-0.4, -0.2) is 45.9 Å². The number of piperidine rings is 1. The summed E-state index contributed by atoms with van der Waals surface area (Å²) in [7, 11) is 0. The van der Waals surface area contributed by atoms with Gasteiger partial charge in [-0.25, -0.2) is 4.79 Å². The second-order valence-electron chi connectivity index (χ2n) is 5.22. The fraction of sp³-hybridized carbons (Fsp3) is 0.900. The molecule has 88 valence electrons. The zero-order valence-electron chi connectivity index (χ0n) is 9.47. The van der Waals surface area contributed by atoms with Crippen LogP contribution in [0.2, 0.25) is 0 Å². The van der Waals surface area contributed by atoms with Gasteiger partial charge in [-0.1, -0.05) is 20.8 Å². The van der Waals surface area contributed by atoms with E-state index in [2.05, 4.69) is 0 Å². The molecule has 0 aromatic heterocycles. The molecule has 0 aromatic carbocycles. The highest BCUT2D eigenvalue weighted by molar-refractivity contribution is 5.66. The van der Waals surface area contributed by atoms with Gasteiger partial charge in [0.05, 0.1) is 18.2 Å². The first kappa shape index (κ1) is 12.3. The molecule has 1 aliphatic rings. The van der Waals surface area contributed by atoms with Gasteiger partial charge in [0.15, 0.2) is 0 Å². The van der Waals surface area contributed by atoms with Gasteiger partial charge < -0.3 is 20.8 Å². The highest BCUT2D eigenvalue weighted by Gasteiger charge is 2.43. The molecule has 0 radical (unpaired) electrons. The van der Waals surface area contributed by atoms with Gasteiger partial charge in [0, 0.05) is 6.54 Å². The van der Waals surface area contributed by atoms with Crippen LogP contribution in [0.25, 0.3) is 0 Å². The van der Waals surface area contributed by atoms with E-state index in [1.807, 2.05) is 20.8 Å². The van der Waals surface area contributed by atoms with E-state index in [-0.39, 0.29) is 11.5 Å². The van der Waals surface area contributed by atoms with Gasteiger partial charge in [0.1, 0.15) is 0 Å². The lowest BCUT2D eigenvalue weighted by atomic mass is 9.77. The van der Waals surface area contributed by atoms with E-state index in [9.17, 15) is 9.90 Å². The Bertz CT molecular complexity index is 250. The summed E-state index contributed by atoms with van der Waals surface area (Å²) in [5.41, 5.74) is 5.62. The Balaban J connectivity index is 2.95. The van der Waals surface area contributed by atoms with Gasteiger partial charge in [-0.05, 0) is 11.8 Å². The van der Waals surface area contributed by atoms with Crippen LogP contribution in [-0.2, 0) is 0 Å². The highest BCUT2D eigenvalue weighted by Crippen LogP contribution is 2.31. The van der Waals surface area contributed by atoms with Crippen LogP contribution in [0.1, 0.15) is 27.2 Å². The molecule has 1 fully saturated rings. The molecule has 0 saturated carbocycles. The molecule has 0 aliphatic carbocycles. The van der Waals surface area contributed by atoms with Crippen molar-refractivity contribution >= 4 is 6.09 Å². The fourth-order valence-electron chi connectivity index (χ4n) is 2.28. The molecule has 0 aromatic rings. The third-order valence-electron chi connectivity index (χ3n) is 2.94. The maximum Gasteiger partial charge on any atom is 0.407 e. The van der Waals surface area contributed by atoms with Gasteiger partial charge in [-0.15, -0.1) is 0 Å². The van der Waals surface area contributed by atoms with Gasteiger partial charge in [-0.3, -0.25) is 0 Å². The Morgan fingerprint density at radius 1 is 1.47 bits per heavy atom. The number of carboxylic acid groups (broad SMARTS) is 1. The van der Waals surface area contributed by atoms with E-state index >= 15 is 0 Å². The molecule has 5 heteroatoms. The highest BCUT2D eigenvalue weighted by atomic mass is 16.4. The molecular formula is C10H20N2O3. The lowest BCUT2D eigenvalue weighted by molar-refractivity contribution is -0.0134. The number of hydrogen-bond acceptors (Lipinski definition) is 3. The number of aliphatic hydroxyl groups is 1.